The van der Waals surface area contributed by atoms with E-state index in [1.165, 1.54) is 0 Å². The van der Waals surface area contributed by atoms with Gasteiger partial charge in [0, 0.05) is 17.7 Å². The zero-order chi connectivity index (χ0) is 11.5. The normalized spacial score (nSPS) is 24.4. The second kappa shape index (κ2) is 4.61. The number of pyridine rings is 1. The van der Waals surface area contributed by atoms with E-state index in [4.69, 9.17) is 5.73 Å². The first-order valence-corrected chi connectivity index (χ1v) is 5.64. The van der Waals surface area contributed by atoms with Crippen molar-refractivity contribution in [3.05, 3.63) is 24.0 Å². The van der Waals surface area contributed by atoms with E-state index in [9.17, 15) is 4.79 Å². The van der Waals surface area contributed by atoms with E-state index >= 15 is 0 Å². The smallest absolute Gasteiger partial charge is 0.227 e. The Morgan fingerprint density at radius 1 is 1.50 bits per heavy atom. The van der Waals surface area contributed by atoms with Crippen LogP contribution in [-0.2, 0) is 4.79 Å². The highest BCUT2D eigenvalue weighted by Crippen LogP contribution is 2.25. The lowest BCUT2D eigenvalue weighted by molar-refractivity contribution is -0.119. The van der Waals surface area contributed by atoms with Gasteiger partial charge in [0.1, 0.15) is 0 Å². The molecule has 1 aliphatic carbocycles. The fourth-order valence-electron chi connectivity index (χ4n) is 2.04. The summed E-state index contributed by atoms with van der Waals surface area (Å²) in [5, 5.41) is 2.87. The van der Waals surface area contributed by atoms with Crippen molar-refractivity contribution in [1.82, 2.24) is 4.98 Å². The van der Waals surface area contributed by atoms with Crippen LogP contribution < -0.4 is 11.1 Å². The maximum absolute atomic E-state index is 11.9. The van der Waals surface area contributed by atoms with Crippen molar-refractivity contribution in [3.63, 3.8) is 0 Å². The highest BCUT2D eigenvalue weighted by Gasteiger charge is 2.27. The summed E-state index contributed by atoms with van der Waals surface area (Å²) in [6.45, 7) is 1.92. The van der Waals surface area contributed by atoms with Gasteiger partial charge in [0.2, 0.25) is 5.91 Å². The minimum absolute atomic E-state index is 0.0660. The molecular weight excluding hydrogens is 202 g/mol. The summed E-state index contributed by atoms with van der Waals surface area (Å²) in [5.41, 5.74) is 7.49. The Hall–Kier alpha value is -1.42. The Labute approximate surface area is 95.3 Å². The first kappa shape index (κ1) is 11.1. The summed E-state index contributed by atoms with van der Waals surface area (Å²) in [6.07, 6.45) is 4.32. The number of aryl methyl sites for hydroxylation is 1. The van der Waals surface area contributed by atoms with E-state index in [1.54, 1.807) is 6.20 Å². The van der Waals surface area contributed by atoms with Crippen molar-refractivity contribution in [1.29, 1.82) is 0 Å². The van der Waals surface area contributed by atoms with Gasteiger partial charge in [-0.1, -0.05) is 0 Å². The molecule has 86 valence electrons. The van der Waals surface area contributed by atoms with Crippen molar-refractivity contribution in [3.8, 4) is 0 Å². The number of nitrogens with two attached hydrogens (primary N) is 1. The number of aromatic nitrogens is 1. The number of nitrogens with zero attached hydrogens (tertiary/aromatic N) is 1. The van der Waals surface area contributed by atoms with Crippen molar-refractivity contribution in [2.24, 2.45) is 11.7 Å². The molecule has 1 aliphatic rings. The number of rotatable bonds is 2. The summed E-state index contributed by atoms with van der Waals surface area (Å²) in [4.78, 5) is 16.0. The van der Waals surface area contributed by atoms with Crippen LogP contribution in [0.3, 0.4) is 0 Å². The number of hydrogen-bond acceptors (Lipinski definition) is 3. The topological polar surface area (TPSA) is 68.0 Å². The van der Waals surface area contributed by atoms with E-state index in [1.807, 2.05) is 19.1 Å². The number of anilines is 1. The molecular formula is C12H17N3O. The molecule has 2 atom stereocenters. The minimum Gasteiger partial charge on any atom is -0.328 e. The van der Waals surface area contributed by atoms with Crippen LogP contribution in [0.2, 0.25) is 0 Å². The van der Waals surface area contributed by atoms with Crippen molar-refractivity contribution in [2.75, 3.05) is 5.32 Å². The second-order valence-electron chi connectivity index (χ2n) is 4.45. The molecule has 1 aromatic heterocycles. The number of amides is 1. The van der Waals surface area contributed by atoms with Crippen LogP contribution in [-0.4, -0.2) is 16.9 Å². The molecule has 2 rings (SSSR count). The minimum atomic E-state index is 0.0660. The fraction of sp³-hybridized carbons (Fsp3) is 0.500. The molecule has 1 amide bonds. The predicted octanol–water partition coefficient (Wildman–Crippen LogP) is 1.46. The molecule has 2 unspecified atom stereocenters. The zero-order valence-corrected chi connectivity index (χ0v) is 9.44. The highest BCUT2D eigenvalue weighted by atomic mass is 16.1. The number of hydrogen-bond donors (Lipinski definition) is 2. The Morgan fingerprint density at radius 3 is 2.88 bits per heavy atom. The molecule has 16 heavy (non-hydrogen) atoms. The molecule has 4 heteroatoms. The van der Waals surface area contributed by atoms with Crippen LogP contribution in [0.25, 0.3) is 0 Å². The molecule has 0 aromatic carbocycles. The lowest BCUT2D eigenvalue weighted by atomic mass is 10.1. The van der Waals surface area contributed by atoms with Gasteiger partial charge in [0.05, 0.1) is 11.9 Å². The van der Waals surface area contributed by atoms with Crippen molar-refractivity contribution >= 4 is 11.6 Å². The van der Waals surface area contributed by atoms with Crippen molar-refractivity contribution < 1.29 is 4.79 Å². The molecule has 4 nitrogen and oxygen atoms in total. The first-order valence-electron chi connectivity index (χ1n) is 5.64. The van der Waals surface area contributed by atoms with Gasteiger partial charge in [-0.15, -0.1) is 0 Å². The Balaban J connectivity index is 1.94. The monoisotopic (exact) mass is 219 g/mol. The Bertz CT molecular complexity index is 374. The van der Waals surface area contributed by atoms with Gasteiger partial charge < -0.3 is 11.1 Å². The van der Waals surface area contributed by atoms with Gasteiger partial charge in [-0.2, -0.15) is 0 Å². The molecule has 1 saturated carbocycles. The lowest BCUT2D eigenvalue weighted by Gasteiger charge is -2.10. The Morgan fingerprint density at radius 2 is 2.31 bits per heavy atom. The van der Waals surface area contributed by atoms with Crippen LogP contribution in [0, 0.1) is 12.8 Å². The SMILES string of the molecule is Cc1ccc(NC(=O)C2CCC(N)C2)cn1. The molecule has 1 fully saturated rings. The standard InChI is InChI=1S/C12H17N3O/c1-8-2-5-11(7-14-8)15-12(16)9-3-4-10(13)6-9/h2,5,7,9-10H,3-4,6,13H2,1H3,(H,15,16). The van der Waals surface area contributed by atoms with E-state index in [-0.39, 0.29) is 17.9 Å². The van der Waals surface area contributed by atoms with Crippen LogP contribution in [0.5, 0.6) is 0 Å². The molecule has 0 radical (unpaired) electrons. The van der Waals surface area contributed by atoms with Gasteiger partial charge in [0.15, 0.2) is 0 Å². The van der Waals surface area contributed by atoms with Gasteiger partial charge in [-0.3, -0.25) is 9.78 Å². The zero-order valence-electron chi connectivity index (χ0n) is 9.44. The summed E-state index contributed by atoms with van der Waals surface area (Å²) in [7, 11) is 0. The summed E-state index contributed by atoms with van der Waals surface area (Å²) in [6, 6.07) is 3.94. The van der Waals surface area contributed by atoms with E-state index < -0.39 is 0 Å². The van der Waals surface area contributed by atoms with Gasteiger partial charge in [-0.25, -0.2) is 0 Å². The van der Waals surface area contributed by atoms with E-state index in [2.05, 4.69) is 10.3 Å². The maximum atomic E-state index is 11.9. The van der Waals surface area contributed by atoms with Gasteiger partial charge in [-0.05, 0) is 38.3 Å². The summed E-state index contributed by atoms with van der Waals surface area (Å²) >= 11 is 0. The Kier molecular flexibility index (Phi) is 3.19. The van der Waals surface area contributed by atoms with Crippen LogP contribution in [0.1, 0.15) is 25.0 Å². The third-order valence-electron chi connectivity index (χ3n) is 3.02. The van der Waals surface area contributed by atoms with Gasteiger partial charge >= 0.3 is 0 Å². The molecule has 1 heterocycles. The molecule has 0 aliphatic heterocycles. The van der Waals surface area contributed by atoms with Crippen LogP contribution in [0.15, 0.2) is 18.3 Å². The second-order valence-corrected chi connectivity index (χ2v) is 4.45. The fourth-order valence-corrected chi connectivity index (χ4v) is 2.04. The highest BCUT2D eigenvalue weighted by molar-refractivity contribution is 5.92. The molecule has 0 bridgehead atoms. The largest absolute Gasteiger partial charge is 0.328 e. The van der Waals surface area contributed by atoms with E-state index in [0.717, 1.165) is 30.6 Å². The van der Waals surface area contributed by atoms with E-state index in [0.29, 0.717) is 0 Å². The van der Waals surface area contributed by atoms with Crippen molar-refractivity contribution in [2.45, 2.75) is 32.2 Å². The number of carbonyl (C=O) groups is 1. The molecule has 0 saturated heterocycles. The average Bonchev–Trinajstić information content (AvgIpc) is 2.68. The first-order chi connectivity index (χ1) is 7.65. The predicted molar refractivity (Wildman–Crippen MR) is 62.9 cm³/mol. The third-order valence-corrected chi connectivity index (χ3v) is 3.02. The van der Waals surface area contributed by atoms with Gasteiger partial charge in [0.25, 0.3) is 0 Å². The maximum Gasteiger partial charge on any atom is 0.227 e. The lowest BCUT2D eigenvalue weighted by Crippen LogP contribution is -2.23. The molecule has 1 aromatic rings. The number of carbonyl (C=O) groups excluding carboxylic acids is 1. The number of nitrogens with one attached hydrogen (secondary N) is 1. The molecule has 0 spiro atoms. The summed E-state index contributed by atoms with van der Waals surface area (Å²) < 4.78 is 0. The quantitative estimate of drug-likeness (QED) is 0.791. The van der Waals surface area contributed by atoms with Crippen LogP contribution in [0.4, 0.5) is 5.69 Å². The average molecular weight is 219 g/mol. The third kappa shape index (κ3) is 2.58. The molecule has 3 N–H and O–H groups in total. The van der Waals surface area contributed by atoms with Crippen LogP contribution >= 0.6 is 0 Å². The summed E-state index contributed by atoms with van der Waals surface area (Å²) in [5.74, 6) is 0.134.